The Hall–Kier alpha value is -2.89. The van der Waals surface area contributed by atoms with Crippen molar-refractivity contribution in [3.05, 3.63) is 53.7 Å². The third-order valence-corrected chi connectivity index (χ3v) is 3.09. The lowest BCUT2D eigenvalue weighted by molar-refractivity contribution is -0.136. The van der Waals surface area contributed by atoms with Crippen LogP contribution >= 0.6 is 0 Å². The van der Waals surface area contributed by atoms with Crippen molar-refractivity contribution in [2.75, 3.05) is 11.9 Å². The van der Waals surface area contributed by atoms with Crippen LogP contribution in [-0.2, 0) is 16.1 Å². The van der Waals surface area contributed by atoms with Crippen LogP contribution in [0.25, 0.3) is 0 Å². The van der Waals surface area contributed by atoms with Crippen LogP contribution in [0.3, 0.4) is 0 Å². The molecule has 0 fully saturated rings. The number of pyridine rings is 1. The van der Waals surface area contributed by atoms with Gasteiger partial charge in [-0.25, -0.2) is 4.98 Å². The topological polar surface area (TPSA) is 80.3 Å². The Labute approximate surface area is 134 Å². The van der Waals surface area contributed by atoms with Crippen LogP contribution in [-0.4, -0.2) is 23.4 Å². The van der Waals surface area contributed by atoms with Gasteiger partial charge in [-0.3, -0.25) is 9.59 Å². The van der Waals surface area contributed by atoms with Gasteiger partial charge in [0.2, 0.25) is 5.88 Å². The molecule has 0 saturated carbocycles. The molecule has 0 aliphatic heterocycles. The zero-order valence-electron chi connectivity index (χ0n) is 13.1. The average Bonchev–Trinajstić information content (AvgIpc) is 2.56. The van der Waals surface area contributed by atoms with Crippen molar-refractivity contribution in [2.45, 2.75) is 20.4 Å². The minimum atomic E-state index is -0.712. The molecule has 1 aromatic carbocycles. The SMILES string of the molecule is CCOc1ncccc1CNC(=O)C(=O)Nc1ccc(C)cc1. The molecule has 2 amide bonds. The van der Waals surface area contributed by atoms with Gasteiger partial charge in [-0.2, -0.15) is 0 Å². The zero-order chi connectivity index (χ0) is 16.7. The molecule has 1 heterocycles. The maximum atomic E-state index is 11.9. The molecule has 0 spiro atoms. The van der Waals surface area contributed by atoms with Crippen molar-refractivity contribution >= 4 is 17.5 Å². The van der Waals surface area contributed by atoms with Gasteiger partial charge < -0.3 is 15.4 Å². The van der Waals surface area contributed by atoms with E-state index in [9.17, 15) is 9.59 Å². The number of anilines is 1. The van der Waals surface area contributed by atoms with E-state index in [0.717, 1.165) is 5.56 Å². The van der Waals surface area contributed by atoms with E-state index in [2.05, 4.69) is 15.6 Å². The number of nitrogens with one attached hydrogen (secondary N) is 2. The first-order valence-electron chi connectivity index (χ1n) is 7.32. The largest absolute Gasteiger partial charge is 0.478 e. The Kier molecular flexibility index (Phi) is 5.68. The molecular formula is C17H19N3O3. The molecule has 2 N–H and O–H groups in total. The predicted molar refractivity (Wildman–Crippen MR) is 87.1 cm³/mol. The number of carbonyl (C=O) groups excluding carboxylic acids is 2. The number of hydrogen-bond acceptors (Lipinski definition) is 4. The molecule has 0 saturated heterocycles. The van der Waals surface area contributed by atoms with Crippen LogP contribution in [0.15, 0.2) is 42.6 Å². The summed E-state index contributed by atoms with van der Waals surface area (Å²) in [6.45, 7) is 4.45. The molecule has 0 unspecified atom stereocenters. The molecule has 23 heavy (non-hydrogen) atoms. The van der Waals surface area contributed by atoms with Crippen molar-refractivity contribution in [3.63, 3.8) is 0 Å². The number of rotatable bonds is 5. The fourth-order valence-corrected chi connectivity index (χ4v) is 1.91. The Morgan fingerprint density at radius 2 is 1.87 bits per heavy atom. The highest BCUT2D eigenvalue weighted by atomic mass is 16.5. The van der Waals surface area contributed by atoms with Gasteiger partial charge in [0, 0.05) is 24.0 Å². The first-order chi connectivity index (χ1) is 11.1. The number of ether oxygens (including phenoxy) is 1. The summed E-state index contributed by atoms with van der Waals surface area (Å²) in [4.78, 5) is 27.8. The lowest BCUT2D eigenvalue weighted by Crippen LogP contribution is -2.35. The Balaban J connectivity index is 1.91. The van der Waals surface area contributed by atoms with Crippen molar-refractivity contribution in [2.24, 2.45) is 0 Å². The van der Waals surface area contributed by atoms with Crippen molar-refractivity contribution in [3.8, 4) is 5.88 Å². The minimum absolute atomic E-state index is 0.170. The molecule has 6 nitrogen and oxygen atoms in total. The summed E-state index contributed by atoms with van der Waals surface area (Å²) < 4.78 is 5.37. The van der Waals surface area contributed by atoms with E-state index in [0.29, 0.717) is 23.7 Å². The molecule has 2 rings (SSSR count). The van der Waals surface area contributed by atoms with E-state index in [4.69, 9.17) is 4.74 Å². The molecule has 2 aromatic rings. The van der Waals surface area contributed by atoms with Gasteiger partial charge in [-0.1, -0.05) is 23.8 Å². The van der Waals surface area contributed by atoms with E-state index in [1.165, 1.54) is 0 Å². The molecule has 0 radical (unpaired) electrons. The van der Waals surface area contributed by atoms with Gasteiger partial charge >= 0.3 is 11.8 Å². The molecule has 1 aromatic heterocycles. The fourth-order valence-electron chi connectivity index (χ4n) is 1.91. The lowest BCUT2D eigenvalue weighted by Gasteiger charge is -2.10. The number of nitrogens with zero attached hydrogens (tertiary/aromatic N) is 1. The highest BCUT2D eigenvalue weighted by molar-refractivity contribution is 6.39. The molecule has 120 valence electrons. The summed E-state index contributed by atoms with van der Waals surface area (Å²) in [5.41, 5.74) is 2.37. The average molecular weight is 313 g/mol. The maximum Gasteiger partial charge on any atom is 0.313 e. The number of aromatic nitrogens is 1. The molecule has 0 aliphatic rings. The fraction of sp³-hybridized carbons (Fsp3) is 0.235. The van der Waals surface area contributed by atoms with Crippen LogP contribution in [0, 0.1) is 6.92 Å². The first kappa shape index (κ1) is 16.5. The second-order valence-electron chi connectivity index (χ2n) is 4.90. The number of hydrogen-bond donors (Lipinski definition) is 2. The van der Waals surface area contributed by atoms with E-state index in [-0.39, 0.29) is 6.54 Å². The summed E-state index contributed by atoms with van der Waals surface area (Å²) in [5, 5.41) is 5.11. The quantitative estimate of drug-likeness (QED) is 0.828. The molecule has 6 heteroatoms. The van der Waals surface area contributed by atoms with Crippen molar-refractivity contribution in [1.29, 1.82) is 0 Å². The Morgan fingerprint density at radius 1 is 1.13 bits per heavy atom. The minimum Gasteiger partial charge on any atom is -0.478 e. The predicted octanol–water partition coefficient (Wildman–Crippen LogP) is 2.04. The molecule has 0 bridgehead atoms. The molecular weight excluding hydrogens is 294 g/mol. The third-order valence-electron chi connectivity index (χ3n) is 3.09. The summed E-state index contributed by atoms with van der Waals surface area (Å²) in [6, 6.07) is 10.7. The van der Waals surface area contributed by atoms with Crippen molar-refractivity contribution < 1.29 is 14.3 Å². The maximum absolute atomic E-state index is 11.9. The normalized spacial score (nSPS) is 10.0. The van der Waals surface area contributed by atoms with E-state index >= 15 is 0 Å². The summed E-state index contributed by atoms with van der Waals surface area (Å²) in [6.07, 6.45) is 1.61. The summed E-state index contributed by atoms with van der Waals surface area (Å²) in [5.74, 6) is -0.971. The van der Waals surface area contributed by atoms with Crippen LogP contribution in [0.1, 0.15) is 18.1 Å². The monoisotopic (exact) mass is 313 g/mol. The van der Waals surface area contributed by atoms with E-state index in [1.807, 2.05) is 26.0 Å². The zero-order valence-corrected chi connectivity index (χ0v) is 13.1. The van der Waals surface area contributed by atoms with Crippen LogP contribution in [0.2, 0.25) is 0 Å². The third kappa shape index (κ3) is 4.81. The van der Waals surface area contributed by atoms with E-state index < -0.39 is 11.8 Å². The first-order valence-corrected chi connectivity index (χ1v) is 7.32. The van der Waals surface area contributed by atoms with Gasteiger partial charge in [0.25, 0.3) is 0 Å². The standard InChI is InChI=1S/C17H19N3O3/c1-3-23-17-13(5-4-10-18-17)11-19-15(21)16(22)20-14-8-6-12(2)7-9-14/h4-10H,3,11H2,1-2H3,(H,19,21)(H,20,22). The Bertz CT molecular complexity index is 684. The van der Waals surface area contributed by atoms with Gasteiger partial charge in [-0.05, 0) is 32.0 Å². The van der Waals surface area contributed by atoms with Crippen LogP contribution in [0.5, 0.6) is 5.88 Å². The summed E-state index contributed by atoms with van der Waals surface area (Å²) >= 11 is 0. The van der Waals surface area contributed by atoms with E-state index in [1.54, 1.807) is 30.5 Å². The number of amides is 2. The van der Waals surface area contributed by atoms with Crippen LogP contribution in [0.4, 0.5) is 5.69 Å². The molecule has 0 aliphatic carbocycles. The summed E-state index contributed by atoms with van der Waals surface area (Å²) in [7, 11) is 0. The van der Waals surface area contributed by atoms with Gasteiger partial charge in [0.05, 0.1) is 6.61 Å². The highest BCUT2D eigenvalue weighted by Crippen LogP contribution is 2.13. The smallest absolute Gasteiger partial charge is 0.313 e. The van der Waals surface area contributed by atoms with Gasteiger partial charge in [-0.15, -0.1) is 0 Å². The second kappa shape index (κ2) is 7.93. The van der Waals surface area contributed by atoms with Crippen molar-refractivity contribution in [1.82, 2.24) is 10.3 Å². The lowest BCUT2D eigenvalue weighted by atomic mass is 10.2. The van der Waals surface area contributed by atoms with Crippen LogP contribution < -0.4 is 15.4 Å². The van der Waals surface area contributed by atoms with Gasteiger partial charge in [0.15, 0.2) is 0 Å². The highest BCUT2D eigenvalue weighted by Gasteiger charge is 2.14. The number of carbonyl (C=O) groups is 2. The van der Waals surface area contributed by atoms with Gasteiger partial charge in [0.1, 0.15) is 0 Å². The molecule has 0 atom stereocenters. The Morgan fingerprint density at radius 3 is 2.57 bits per heavy atom. The second-order valence-corrected chi connectivity index (χ2v) is 4.90. The number of benzene rings is 1. The number of aryl methyl sites for hydroxylation is 1.